The molecule has 1 amide bonds. The van der Waals surface area contributed by atoms with Crippen LogP contribution in [-0.4, -0.2) is 26.6 Å². The fourth-order valence-corrected chi connectivity index (χ4v) is 3.81. The predicted octanol–water partition coefficient (Wildman–Crippen LogP) is 4.45. The minimum Gasteiger partial charge on any atom is -0.464 e. The smallest absolute Gasteiger partial charge is 0.257 e. The first-order valence-corrected chi connectivity index (χ1v) is 10.1. The van der Waals surface area contributed by atoms with Gasteiger partial charge in [-0.05, 0) is 42.9 Å². The minimum atomic E-state index is 0.0413. The first-order valence-electron chi connectivity index (χ1n) is 10.1. The molecule has 0 spiro atoms. The Morgan fingerprint density at radius 2 is 2.00 bits per heavy atom. The maximum atomic E-state index is 13.1. The summed E-state index contributed by atoms with van der Waals surface area (Å²) in [5, 5.41) is 4.39. The molecule has 144 valence electrons. The fraction of sp³-hybridized carbons (Fsp3) is 0.391. The second-order valence-corrected chi connectivity index (χ2v) is 8.20. The van der Waals surface area contributed by atoms with Crippen molar-refractivity contribution in [3.63, 3.8) is 0 Å². The van der Waals surface area contributed by atoms with Gasteiger partial charge in [0.25, 0.3) is 5.91 Å². The standard InChI is InChI=1S/C23H25N3O2/c1-16-11-21(16)22-10-9-20(28-22)15-26(19-7-8-19)23(27)18-12-24-25(14-18)13-17-5-3-2-4-6-17/h2-6,9-10,12,14,16,19,21H,7-8,11,13,15H2,1H3/t16-,21-/m1/s1. The Kier molecular flexibility index (Phi) is 4.30. The summed E-state index contributed by atoms with van der Waals surface area (Å²) in [6.45, 7) is 3.45. The van der Waals surface area contributed by atoms with Gasteiger partial charge in [-0.1, -0.05) is 37.3 Å². The van der Waals surface area contributed by atoms with Crippen LogP contribution in [0.25, 0.3) is 0 Å². The number of nitrogens with zero attached hydrogens (tertiary/aromatic N) is 3. The maximum absolute atomic E-state index is 13.1. The molecule has 2 aliphatic rings. The van der Waals surface area contributed by atoms with Crippen molar-refractivity contribution >= 4 is 5.91 Å². The second kappa shape index (κ2) is 6.97. The van der Waals surface area contributed by atoms with E-state index >= 15 is 0 Å². The van der Waals surface area contributed by atoms with Crippen LogP contribution in [0.3, 0.4) is 0 Å². The van der Waals surface area contributed by atoms with Crippen LogP contribution in [0, 0.1) is 5.92 Å². The van der Waals surface area contributed by atoms with E-state index in [4.69, 9.17) is 4.42 Å². The molecule has 0 radical (unpaired) electrons. The summed E-state index contributed by atoms with van der Waals surface area (Å²) in [5.41, 5.74) is 1.81. The lowest BCUT2D eigenvalue weighted by atomic mass is 10.2. The SMILES string of the molecule is C[C@@H]1C[C@H]1c1ccc(CN(C(=O)c2cnn(Cc3ccccc3)c2)C2CC2)o1. The zero-order valence-electron chi connectivity index (χ0n) is 16.1. The molecule has 5 heteroatoms. The quantitative estimate of drug-likeness (QED) is 0.613. The summed E-state index contributed by atoms with van der Waals surface area (Å²) >= 11 is 0. The van der Waals surface area contributed by atoms with Gasteiger partial charge >= 0.3 is 0 Å². The largest absolute Gasteiger partial charge is 0.464 e. The molecule has 1 aromatic carbocycles. The summed E-state index contributed by atoms with van der Waals surface area (Å²) < 4.78 is 7.87. The van der Waals surface area contributed by atoms with Crippen LogP contribution in [0.2, 0.25) is 0 Å². The number of carbonyl (C=O) groups excluding carboxylic acids is 1. The third kappa shape index (κ3) is 3.61. The number of rotatable bonds is 7. The number of benzene rings is 1. The molecular formula is C23H25N3O2. The van der Waals surface area contributed by atoms with Crippen LogP contribution in [-0.2, 0) is 13.1 Å². The fourth-order valence-electron chi connectivity index (χ4n) is 3.81. The first kappa shape index (κ1) is 17.3. The van der Waals surface area contributed by atoms with E-state index in [0.717, 1.165) is 30.3 Å². The van der Waals surface area contributed by atoms with Gasteiger partial charge in [0.15, 0.2) is 0 Å². The summed E-state index contributed by atoms with van der Waals surface area (Å²) in [6, 6.07) is 14.6. The van der Waals surface area contributed by atoms with E-state index in [0.29, 0.717) is 30.6 Å². The number of furan rings is 1. The van der Waals surface area contributed by atoms with Crippen LogP contribution < -0.4 is 0 Å². The van der Waals surface area contributed by atoms with E-state index in [9.17, 15) is 4.79 Å². The van der Waals surface area contributed by atoms with E-state index in [1.54, 1.807) is 6.20 Å². The molecule has 2 fully saturated rings. The topological polar surface area (TPSA) is 51.3 Å². The van der Waals surface area contributed by atoms with Crippen molar-refractivity contribution < 1.29 is 9.21 Å². The lowest BCUT2D eigenvalue weighted by Crippen LogP contribution is -2.32. The Morgan fingerprint density at radius 1 is 1.21 bits per heavy atom. The molecule has 2 saturated carbocycles. The molecule has 2 aromatic heterocycles. The average Bonchev–Trinajstić information content (AvgIpc) is 3.58. The number of aromatic nitrogens is 2. The van der Waals surface area contributed by atoms with Gasteiger partial charge in [0.2, 0.25) is 0 Å². The van der Waals surface area contributed by atoms with Crippen LogP contribution in [0.4, 0.5) is 0 Å². The molecule has 2 atom stereocenters. The number of amides is 1. The normalized spacial score (nSPS) is 20.9. The monoisotopic (exact) mass is 375 g/mol. The molecule has 0 bridgehead atoms. The van der Waals surface area contributed by atoms with Crippen molar-refractivity contribution in [1.29, 1.82) is 0 Å². The molecule has 2 aliphatic carbocycles. The number of hydrogen-bond acceptors (Lipinski definition) is 3. The van der Waals surface area contributed by atoms with Crippen LogP contribution in [0.5, 0.6) is 0 Å². The second-order valence-electron chi connectivity index (χ2n) is 8.20. The molecule has 2 heterocycles. The first-order chi connectivity index (χ1) is 13.7. The van der Waals surface area contributed by atoms with Gasteiger partial charge in [0.1, 0.15) is 11.5 Å². The van der Waals surface area contributed by atoms with Gasteiger partial charge in [-0.25, -0.2) is 0 Å². The highest BCUT2D eigenvalue weighted by Crippen LogP contribution is 2.47. The van der Waals surface area contributed by atoms with E-state index in [1.807, 2.05) is 40.0 Å². The highest BCUT2D eigenvalue weighted by molar-refractivity contribution is 5.94. The van der Waals surface area contributed by atoms with E-state index < -0.39 is 0 Å². The van der Waals surface area contributed by atoms with E-state index in [2.05, 4.69) is 30.2 Å². The summed E-state index contributed by atoms with van der Waals surface area (Å²) in [7, 11) is 0. The van der Waals surface area contributed by atoms with Crippen molar-refractivity contribution in [1.82, 2.24) is 14.7 Å². The van der Waals surface area contributed by atoms with Gasteiger partial charge in [-0.2, -0.15) is 5.10 Å². The highest BCUT2D eigenvalue weighted by atomic mass is 16.3. The summed E-state index contributed by atoms with van der Waals surface area (Å²) in [6.07, 6.45) is 6.87. The molecule has 0 saturated heterocycles. The highest BCUT2D eigenvalue weighted by Gasteiger charge is 2.38. The van der Waals surface area contributed by atoms with Crippen molar-refractivity contribution in [3.05, 3.63) is 77.5 Å². The molecule has 0 unspecified atom stereocenters. The van der Waals surface area contributed by atoms with Crippen molar-refractivity contribution in [2.75, 3.05) is 0 Å². The van der Waals surface area contributed by atoms with Gasteiger partial charge < -0.3 is 9.32 Å². The predicted molar refractivity (Wildman–Crippen MR) is 106 cm³/mol. The van der Waals surface area contributed by atoms with Crippen LogP contribution >= 0.6 is 0 Å². The van der Waals surface area contributed by atoms with Crippen molar-refractivity contribution in [2.24, 2.45) is 5.92 Å². The third-order valence-electron chi connectivity index (χ3n) is 5.80. The molecule has 0 aliphatic heterocycles. The van der Waals surface area contributed by atoms with Crippen molar-refractivity contribution in [2.45, 2.75) is 51.2 Å². The molecule has 5 nitrogen and oxygen atoms in total. The Morgan fingerprint density at radius 3 is 2.71 bits per heavy atom. The maximum Gasteiger partial charge on any atom is 0.257 e. The Bertz CT molecular complexity index is 971. The molecule has 3 aromatic rings. The third-order valence-corrected chi connectivity index (χ3v) is 5.80. The zero-order chi connectivity index (χ0) is 19.1. The zero-order valence-corrected chi connectivity index (χ0v) is 16.1. The number of carbonyl (C=O) groups is 1. The van der Waals surface area contributed by atoms with Gasteiger partial charge in [0.05, 0.1) is 24.8 Å². The Labute approximate surface area is 165 Å². The minimum absolute atomic E-state index is 0.0413. The number of hydrogen-bond donors (Lipinski definition) is 0. The lowest BCUT2D eigenvalue weighted by molar-refractivity contribution is 0.0716. The van der Waals surface area contributed by atoms with Gasteiger partial charge in [-0.3, -0.25) is 9.48 Å². The Hall–Kier alpha value is -2.82. The lowest BCUT2D eigenvalue weighted by Gasteiger charge is -2.20. The molecular weight excluding hydrogens is 350 g/mol. The van der Waals surface area contributed by atoms with E-state index in [-0.39, 0.29) is 5.91 Å². The molecule has 5 rings (SSSR count). The van der Waals surface area contributed by atoms with Gasteiger partial charge in [0, 0.05) is 18.2 Å². The summed E-state index contributed by atoms with van der Waals surface area (Å²) in [4.78, 5) is 15.1. The molecule has 28 heavy (non-hydrogen) atoms. The molecule has 0 N–H and O–H groups in total. The van der Waals surface area contributed by atoms with Crippen LogP contribution in [0.1, 0.15) is 59.5 Å². The van der Waals surface area contributed by atoms with Gasteiger partial charge in [-0.15, -0.1) is 0 Å². The van der Waals surface area contributed by atoms with E-state index in [1.165, 1.54) is 12.0 Å². The average molecular weight is 375 g/mol. The van der Waals surface area contributed by atoms with Crippen molar-refractivity contribution in [3.8, 4) is 0 Å². The Balaban J connectivity index is 1.29. The van der Waals surface area contributed by atoms with Crippen LogP contribution in [0.15, 0.2) is 59.3 Å². The summed E-state index contributed by atoms with van der Waals surface area (Å²) in [5.74, 6) is 3.28.